The number of urea groups is 1. The molecule has 0 aliphatic heterocycles. The summed E-state index contributed by atoms with van der Waals surface area (Å²) in [5.74, 6) is 0.547. The highest BCUT2D eigenvalue weighted by Crippen LogP contribution is 2.26. The lowest BCUT2D eigenvalue weighted by Gasteiger charge is -2.31. The van der Waals surface area contributed by atoms with E-state index >= 15 is 0 Å². The van der Waals surface area contributed by atoms with Crippen LogP contribution in [0.1, 0.15) is 37.7 Å². The van der Waals surface area contributed by atoms with Gasteiger partial charge in [-0.15, -0.1) is 0 Å². The topological polar surface area (TPSA) is 67.2 Å². The Morgan fingerprint density at radius 1 is 1.00 bits per heavy atom. The van der Waals surface area contributed by atoms with Crippen molar-refractivity contribution in [3.8, 4) is 5.69 Å². The number of rotatable bonds is 7. The van der Waals surface area contributed by atoms with Gasteiger partial charge in [0.15, 0.2) is 0 Å². The molecule has 0 spiro atoms. The van der Waals surface area contributed by atoms with E-state index in [1.165, 1.54) is 0 Å². The van der Waals surface area contributed by atoms with Crippen LogP contribution < -0.4 is 10.9 Å². The normalized spacial score (nSPS) is 11.9. The van der Waals surface area contributed by atoms with E-state index in [0.29, 0.717) is 41.9 Å². The average molecular weight is 519 g/mol. The number of aromatic nitrogens is 2. The Labute approximate surface area is 207 Å². The van der Waals surface area contributed by atoms with Gasteiger partial charge in [-0.05, 0) is 55.3 Å². The van der Waals surface area contributed by atoms with Crippen molar-refractivity contribution in [3.05, 3.63) is 105 Å². The van der Waals surface area contributed by atoms with Crippen LogP contribution in [0.5, 0.6) is 0 Å². The summed E-state index contributed by atoms with van der Waals surface area (Å²) in [7, 11) is 0. The van der Waals surface area contributed by atoms with Crippen molar-refractivity contribution in [2.24, 2.45) is 0 Å². The maximum Gasteiger partial charge on any atom is 0.318 e. The number of benzene rings is 3. The molecule has 7 heteroatoms. The fourth-order valence-corrected chi connectivity index (χ4v) is 4.40. The Kier molecular flexibility index (Phi) is 7.43. The first-order valence-electron chi connectivity index (χ1n) is 11.4. The Bertz CT molecular complexity index is 1340. The summed E-state index contributed by atoms with van der Waals surface area (Å²) in [4.78, 5) is 33.5. The summed E-state index contributed by atoms with van der Waals surface area (Å²) in [6.45, 7) is 4.85. The minimum Gasteiger partial charge on any atom is -0.334 e. The maximum absolute atomic E-state index is 13.6. The first kappa shape index (κ1) is 23.7. The Balaban J connectivity index is 1.78. The lowest BCUT2D eigenvalue weighted by atomic mass is 10.1. The number of nitrogens with zero attached hydrogens (tertiary/aromatic N) is 3. The molecule has 0 bridgehead atoms. The Hall–Kier alpha value is -3.45. The molecule has 3 aromatic carbocycles. The zero-order valence-corrected chi connectivity index (χ0v) is 20.8. The van der Waals surface area contributed by atoms with Crippen LogP contribution in [0.4, 0.5) is 4.79 Å². The molecule has 0 saturated carbocycles. The summed E-state index contributed by atoms with van der Waals surface area (Å²) in [5, 5.41) is 3.56. The zero-order valence-electron chi connectivity index (χ0n) is 19.2. The summed E-state index contributed by atoms with van der Waals surface area (Å²) in [5.41, 5.74) is 2.20. The monoisotopic (exact) mass is 518 g/mol. The number of amides is 2. The van der Waals surface area contributed by atoms with E-state index in [2.05, 4.69) is 21.2 Å². The molecule has 1 unspecified atom stereocenters. The smallest absolute Gasteiger partial charge is 0.318 e. The summed E-state index contributed by atoms with van der Waals surface area (Å²) >= 11 is 3.46. The Morgan fingerprint density at radius 3 is 2.35 bits per heavy atom. The number of para-hydroxylation sites is 1. The molecule has 0 fully saturated rings. The summed E-state index contributed by atoms with van der Waals surface area (Å²) < 4.78 is 2.55. The van der Waals surface area contributed by atoms with Crippen LogP contribution in [0.15, 0.2) is 88.1 Å². The molecule has 0 aliphatic carbocycles. The van der Waals surface area contributed by atoms with Crippen molar-refractivity contribution >= 4 is 32.9 Å². The molecular weight excluding hydrogens is 492 g/mol. The molecule has 4 aromatic rings. The van der Waals surface area contributed by atoms with E-state index in [-0.39, 0.29) is 17.6 Å². The maximum atomic E-state index is 13.6. The minimum atomic E-state index is -0.387. The lowest BCUT2D eigenvalue weighted by molar-refractivity contribution is 0.171. The highest BCUT2D eigenvalue weighted by atomic mass is 79.9. The van der Waals surface area contributed by atoms with Crippen molar-refractivity contribution < 1.29 is 4.79 Å². The average Bonchev–Trinajstić information content (AvgIpc) is 2.87. The zero-order chi connectivity index (χ0) is 24.1. The molecule has 174 valence electrons. The number of hydrogen-bond donors (Lipinski definition) is 1. The van der Waals surface area contributed by atoms with E-state index in [4.69, 9.17) is 4.98 Å². The predicted molar refractivity (Wildman–Crippen MR) is 139 cm³/mol. The quantitative estimate of drug-likeness (QED) is 0.334. The molecule has 1 aromatic heterocycles. The first-order chi connectivity index (χ1) is 16.5. The van der Waals surface area contributed by atoms with E-state index in [0.717, 1.165) is 10.0 Å². The third kappa shape index (κ3) is 4.89. The van der Waals surface area contributed by atoms with Crippen LogP contribution in [-0.2, 0) is 6.54 Å². The second kappa shape index (κ2) is 10.7. The van der Waals surface area contributed by atoms with Gasteiger partial charge in [-0.3, -0.25) is 9.36 Å². The molecule has 4 rings (SSSR count). The van der Waals surface area contributed by atoms with Crippen LogP contribution in [0.3, 0.4) is 0 Å². The molecule has 0 saturated heterocycles. The van der Waals surface area contributed by atoms with Gasteiger partial charge in [-0.25, -0.2) is 9.78 Å². The second-order valence-corrected chi connectivity index (χ2v) is 8.87. The van der Waals surface area contributed by atoms with Gasteiger partial charge in [0.25, 0.3) is 5.56 Å². The van der Waals surface area contributed by atoms with E-state index < -0.39 is 0 Å². The van der Waals surface area contributed by atoms with Crippen LogP contribution in [-0.4, -0.2) is 27.0 Å². The van der Waals surface area contributed by atoms with Gasteiger partial charge in [0, 0.05) is 17.6 Å². The molecular formula is C27H27BrN4O2. The lowest BCUT2D eigenvalue weighted by Crippen LogP contribution is -2.43. The van der Waals surface area contributed by atoms with E-state index in [1.807, 2.05) is 86.6 Å². The fraction of sp³-hybridized carbons (Fsp3) is 0.222. The molecule has 6 nitrogen and oxygen atoms in total. The van der Waals surface area contributed by atoms with Gasteiger partial charge >= 0.3 is 6.03 Å². The van der Waals surface area contributed by atoms with Gasteiger partial charge in [0.2, 0.25) is 0 Å². The third-order valence-electron chi connectivity index (χ3n) is 5.84. The van der Waals surface area contributed by atoms with Gasteiger partial charge in [0.1, 0.15) is 5.82 Å². The van der Waals surface area contributed by atoms with Crippen molar-refractivity contribution in [1.82, 2.24) is 19.8 Å². The fourth-order valence-electron chi connectivity index (χ4n) is 4.14. The van der Waals surface area contributed by atoms with Crippen molar-refractivity contribution in [1.29, 1.82) is 0 Å². The van der Waals surface area contributed by atoms with Crippen LogP contribution in [0.2, 0.25) is 0 Å². The molecule has 34 heavy (non-hydrogen) atoms. The molecule has 1 atom stereocenters. The van der Waals surface area contributed by atoms with Gasteiger partial charge in [0.05, 0.1) is 22.6 Å². The second-order valence-electron chi connectivity index (χ2n) is 7.96. The van der Waals surface area contributed by atoms with Crippen molar-refractivity contribution in [2.75, 3.05) is 6.54 Å². The number of carbonyl (C=O) groups excluding carboxylic acids is 1. The van der Waals surface area contributed by atoms with Gasteiger partial charge in [-0.2, -0.15) is 0 Å². The standard InChI is InChI=1S/C27H27BrN4O2/c1-3-24(31(4-2)27(34)29-18-19-10-6-5-7-11-19)25-30-23-13-9-8-12-22(23)26(33)32(25)21-16-14-20(28)15-17-21/h5-17,24H,3-4,18H2,1-2H3,(H,29,34). The van der Waals surface area contributed by atoms with E-state index in [9.17, 15) is 9.59 Å². The predicted octanol–water partition coefficient (Wildman–Crippen LogP) is 5.83. The van der Waals surface area contributed by atoms with Crippen molar-refractivity contribution in [2.45, 2.75) is 32.9 Å². The van der Waals surface area contributed by atoms with Gasteiger partial charge < -0.3 is 10.2 Å². The van der Waals surface area contributed by atoms with E-state index in [1.54, 1.807) is 15.5 Å². The first-order valence-corrected chi connectivity index (χ1v) is 12.2. The highest BCUT2D eigenvalue weighted by molar-refractivity contribution is 9.10. The van der Waals surface area contributed by atoms with Crippen LogP contribution in [0, 0.1) is 0 Å². The molecule has 1 heterocycles. The number of carbonyl (C=O) groups is 1. The summed E-state index contributed by atoms with van der Waals surface area (Å²) in [6, 6.07) is 24.1. The molecule has 0 radical (unpaired) electrons. The summed E-state index contributed by atoms with van der Waals surface area (Å²) in [6.07, 6.45) is 0.605. The number of fused-ring (bicyclic) bond motifs is 1. The minimum absolute atomic E-state index is 0.151. The number of nitrogens with one attached hydrogen (secondary N) is 1. The van der Waals surface area contributed by atoms with Gasteiger partial charge in [-0.1, -0.05) is 65.3 Å². The molecule has 0 aliphatic rings. The SMILES string of the molecule is CCC(c1nc2ccccc2c(=O)n1-c1ccc(Br)cc1)N(CC)C(=O)NCc1ccccc1. The van der Waals surface area contributed by atoms with Crippen LogP contribution in [0.25, 0.3) is 16.6 Å². The largest absolute Gasteiger partial charge is 0.334 e. The third-order valence-corrected chi connectivity index (χ3v) is 6.36. The van der Waals surface area contributed by atoms with Crippen LogP contribution >= 0.6 is 15.9 Å². The highest BCUT2D eigenvalue weighted by Gasteiger charge is 2.28. The number of halogens is 1. The Morgan fingerprint density at radius 2 is 1.68 bits per heavy atom. The number of hydrogen-bond acceptors (Lipinski definition) is 3. The van der Waals surface area contributed by atoms with Crippen molar-refractivity contribution in [3.63, 3.8) is 0 Å². The molecule has 1 N–H and O–H groups in total. The molecule has 2 amide bonds.